The van der Waals surface area contributed by atoms with E-state index in [1.807, 2.05) is 5.38 Å². The quantitative estimate of drug-likeness (QED) is 0.500. The number of benzene rings is 1. The van der Waals surface area contributed by atoms with E-state index in [1.165, 1.54) is 35.3 Å². The van der Waals surface area contributed by atoms with Crippen LogP contribution in [0.5, 0.6) is 5.75 Å². The maximum atomic E-state index is 10.3. The zero-order valence-electron chi connectivity index (χ0n) is 10.8. The molecule has 4 heteroatoms. The maximum absolute atomic E-state index is 10.3. The van der Waals surface area contributed by atoms with E-state index in [1.54, 1.807) is 6.92 Å². The predicted molar refractivity (Wildman–Crippen MR) is 79.8 cm³/mol. The number of hydrogen-bond acceptors (Lipinski definition) is 4. The lowest BCUT2D eigenvalue weighted by molar-refractivity contribution is 0.478. The first kappa shape index (κ1) is 12.2. The van der Waals surface area contributed by atoms with Crippen LogP contribution in [0.1, 0.15) is 30.0 Å². The van der Waals surface area contributed by atoms with Gasteiger partial charge in [-0.2, -0.15) is 5.10 Å². The highest BCUT2D eigenvalue weighted by Crippen LogP contribution is 2.40. The first-order chi connectivity index (χ1) is 9.20. The number of aromatic hydroxyl groups is 1. The van der Waals surface area contributed by atoms with Crippen LogP contribution in [-0.2, 0) is 12.8 Å². The van der Waals surface area contributed by atoms with Crippen molar-refractivity contribution in [1.82, 2.24) is 0 Å². The fraction of sp³-hybridized carbons (Fsp3) is 0.267. The van der Waals surface area contributed by atoms with Crippen molar-refractivity contribution in [3.05, 3.63) is 40.3 Å². The summed E-state index contributed by atoms with van der Waals surface area (Å²) in [5.74, 6) is 5.56. The van der Waals surface area contributed by atoms with Crippen LogP contribution in [0.25, 0.3) is 10.4 Å². The molecule has 1 aromatic heterocycles. The number of rotatable bonds is 2. The van der Waals surface area contributed by atoms with Gasteiger partial charge in [0.1, 0.15) is 5.75 Å². The minimum absolute atomic E-state index is 0.287. The SMILES string of the molecule is CC(=NN)c1csc(-c2ccc3c(c2)CCC3)c1O. The van der Waals surface area contributed by atoms with Crippen molar-refractivity contribution in [2.45, 2.75) is 26.2 Å². The van der Waals surface area contributed by atoms with Crippen LogP contribution in [0.2, 0.25) is 0 Å². The molecule has 98 valence electrons. The van der Waals surface area contributed by atoms with E-state index in [-0.39, 0.29) is 5.75 Å². The largest absolute Gasteiger partial charge is 0.506 e. The smallest absolute Gasteiger partial charge is 0.143 e. The summed E-state index contributed by atoms with van der Waals surface area (Å²) in [4.78, 5) is 0.896. The van der Waals surface area contributed by atoms with E-state index >= 15 is 0 Å². The topological polar surface area (TPSA) is 58.6 Å². The van der Waals surface area contributed by atoms with Gasteiger partial charge in [0.15, 0.2) is 0 Å². The molecule has 3 nitrogen and oxygen atoms in total. The zero-order valence-corrected chi connectivity index (χ0v) is 11.6. The van der Waals surface area contributed by atoms with E-state index in [2.05, 4.69) is 23.3 Å². The van der Waals surface area contributed by atoms with Crippen molar-refractivity contribution < 1.29 is 5.11 Å². The summed E-state index contributed by atoms with van der Waals surface area (Å²) in [5.41, 5.74) is 5.32. The van der Waals surface area contributed by atoms with Crippen molar-refractivity contribution in [2.75, 3.05) is 0 Å². The molecule has 0 aliphatic heterocycles. The molecule has 0 atom stereocenters. The van der Waals surface area contributed by atoms with Crippen molar-refractivity contribution in [1.29, 1.82) is 0 Å². The molecule has 2 aromatic rings. The Kier molecular flexibility index (Phi) is 3.03. The predicted octanol–water partition coefficient (Wildman–Crippen LogP) is 3.29. The first-order valence-electron chi connectivity index (χ1n) is 6.38. The summed E-state index contributed by atoms with van der Waals surface area (Å²) in [6.07, 6.45) is 3.56. The van der Waals surface area contributed by atoms with Gasteiger partial charge in [-0.05, 0) is 48.9 Å². The highest BCUT2D eigenvalue weighted by molar-refractivity contribution is 7.14. The lowest BCUT2D eigenvalue weighted by Crippen LogP contribution is -1.96. The second-order valence-electron chi connectivity index (χ2n) is 4.88. The third-order valence-corrected chi connectivity index (χ3v) is 4.73. The minimum Gasteiger partial charge on any atom is -0.506 e. The number of hydrazone groups is 1. The van der Waals surface area contributed by atoms with Gasteiger partial charge in [-0.15, -0.1) is 11.3 Å². The Bertz CT molecular complexity index is 658. The molecule has 0 spiro atoms. The third-order valence-electron chi connectivity index (χ3n) is 3.71. The van der Waals surface area contributed by atoms with Gasteiger partial charge in [-0.3, -0.25) is 0 Å². The zero-order chi connectivity index (χ0) is 13.4. The van der Waals surface area contributed by atoms with Gasteiger partial charge >= 0.3 is 0 Å². The highest BCUT2D eigenvalue weighted by Gasteiger charge is 2.17. The van der Waals surface area contributed by atoms with Crippen LogP contribution in [-0.4, -0.2) is 10.8 Å². The fourth-order valence-corrected chi connectivity index (χ4v) is 3.60. The molecule has 0 fully saturated rings. The van der Waals surface area contributed by atoms with Crippen LogP contribution in [0.3, 0.4) is 0 Å². The molecule has 3 rings (SSSR count). The van der Waals surface area contributed by atoms with Crippen LogP contribution in [0, 0.1) is 0 Å². The number of nitrogens with zero attached hydrogens (tertiary/aromatic N) is 1. The molecule has 0 bridgehead atoms. The monoisotopic (exact) mass is 272 g/mol. The maximum Gasteiger partial charge on any atom is 0.143 e. The molecule has 19 heavy (non-hydrogen) atoms. The van der Waals surface area contributed by atoms with Gasteiger partial charge in [0, 0.05) is 5.38 Å². The van der Waals surface area contributed by atoms with Crippen molar-refractivity contribution in [3.63, 3.8) is 0 Å². The summed E-state index contributed by atoms with van der Waals surface area (Å²) in [6.45, 7) is 1.80. The van der Waals surface area contributed by atoms with Gasteiger partial charge in [0.25, 0.3) is 0 Å². The van der Waals surface area contributed by atoms with Crippen molar-refractivity contribution in [3.8, 4) is 16.2 Å². The van der Waals surface area contributed by atoms with E-state index in [0.717, 1.165) is 22.4 Å². The van der Waals surface area contributed by atoms with Gasteiger partial charge in [-0.25, -0.2) is 0 Å². The van der Waals surface area contributed by atoms with Crippen LogP contribution in [0.4, 0.5) is 0 Å². The number of aryl methyl sites for hydroxylation is 2. The molecule has 1 aliphatic carbocycles. The Balaban J connectivity index is 2.06. The normalized spacial score (nSPS) is 14.7. The third kappa shape index (κ3) is 2.02. The van der Waals surface area contributed by atoms with Crippen molar-refractivity contribution >= 4 is 17.0 Å². The fourth-order valence-electron chi connectivity index (χ4n) is 2.60. The molecule has 0 amide bonds. The number of hydrogen-bond donors (Lipinski definition) is 2. The Morgan fingerprint density at radius 2 is 2.11 bits per heavy atom. The minimum atomic E-state index is 0.287. The van der Waals surface area contributed by atoms with Crippen LogP contribution in [0.15, 0.2) is 28.7 Å². The van der Waals surface area contributed by atoms with Gasteiger partial charge in [0.05, 0.1) is 16.2 Å². The van der Waals surface area contributed by atoms with E-state index in [9.17, 15) is 5.11 Å². The van der Waals surface area contributed by atoms with Gasteiger partial charge < -0.3 is 10.9 Å². The highest BCUT2D eigenvalue weighted by atomic mass is 32.1. The lowest BCUT2D eigenvalue weighted by atomic mass is 10.0. The Labute approximate surface area is 116 Å². The second-order valence-corrected chi connectivity index (χ2v) is 5.76. The number of thiophene rings is 1. The summed E-state index contributed by atoms with van der Waals surface area (Å²) in [7, 11) is 0. The Morgan fingerprint density at radius 3 is 2.89 bits per heavy atom. The standard InChI is InChI=1S/C15H16N2OS/c1-9(17-16)13-8-19-15(14(13)18)12-6-5-10-3-2-4-11(10)7-12/h5-8,18H,2-4,16H2,1H3. The summed E-state index contributed by atoms with van der Waals surface area (Å²) in [6, 6.07) is 6.47. The number of fused-ring (bicyclic) bond motifs is 1. The molecule has 0 radical (unpaired) electrons. The summed E-state index contributed by atoms with van der Waals surface area (Å²) in [5, 5.41) is 15.9. The van der Waals surface area contributed by atoms with Crippen LogP contribution >= 0.6 is 11.3 Å². The molecule has 0 saturated carbocycles. The number of nitrogens with two attached hydrogens (primary N) is 1. The average molecular weight is 272 g/mol. The average Bonchev–Trinajstić information content (AvgIpc) is 3.03. The summed E-state index contributed by atoms with van der Waals surface area (Å²) >= 11 is 1.53. The van der Waals surface area contributed by atoms with E-state index in [4.69, 9.17) is 5.84 Å². The van der Waals surface area contributed by atoms with Gasteiger partial charge in [0.2, 0.25) is 0 Å². The first-order valence-corrected chi connectivity index (χ1v) is 7.26. The second kappa shape index (κ2) is 4.70. The Hall–Kier alpha value is -1.81. The molecule has 0 unspecified atom stereocenters. The van der Waals surface area contributed by atoms with E-state index < -0.39 is 0 Å². The van der Waals surface area contributed by atoms with Crippen LogP contribution < -0.4 is 5.84 Å². The van der Waals surface area contributed by atoms with Crippen molar-refractivity contribution in [2.24, 2.45) is 10.9 Å². The molecular formula is C15H16N2OS. The molecular weight excluding hydrogens is 256 g/mol. The van der Waals surface area contributed by atoms with E-state index in [0.29, 0.717) is 5.71 Å². The Morgan fingerprint density at radius 1 is 1.32 bits per heavy atom. The summed E-state index contributed by atoms with van der Waals surface area (Å²) < 4.78 is 0. The molecule has 1 heterocycles. The molecule has 3 N–H and O–H groups in total. The lowest BCUT2D eigenvalue weighted by Gasteiger charge is -2.04. The molecule has 1 aromatic carbocycles. The van der Waals surface area contributed by atoms with Gasteiger partial charge in [-0.1, -0.05) is 12.1 Å². The molecule has 0 saturated heterocycles. The molecule has 1 aliphatic rings.